The van der Waals surface area contributed by atoms with Gasteiger partial charge in [-0.05, 0) is 37.5 Å². The predicted molar refractivity (Wildman–Crippen MR) is 90.5 cm³/mol. The zero-order valence-corrected chi connectivity index (χ0v) is 14.2. The van der Waals surface area contributed by atoms with Crippen molar-refractivity contribution in [2.24, 2.45) is 0 Å². The Kier molecular flexibility index (Phi) is 4.92. The van der Waals surface area contributed by atoms with Crippen molar-refractivity contribution >= 4 is 11.9 Å². The summed E-state index contributed by atoms with van der Waals surface area (Å²) in [5, 5.41) is 0. The standard InChI is InChI=1S/C18H20F2N4O/c1-12-9-21-18(22-10-12)23(2)13-5-4-8-24(11-13)17(25)16-14(19)6-3-7-15(16)20/h3,6-7,9-10,13H,4-5,8,11H2,1-2H3. The van der Waals surface area contributed by atoms with E-state index in [0.717, 1.165) is 30.5 Å². The van der Waals surface area contributed by atoms with Crippen molar-refractivity contribution in [3.8, 4) is 0 Å². The van der Waals surface area contributed by atoms with E-state index >= 15 is 0 Å². The molecule has 1 fully saturated rings. The monoisotopic (exact) mass is 346 g/mol. The lowest BCUT2D eigenvalue weighted by Crippen LogP contribution is -2.49. The summed E-state index contributed by atoms with van der Waals surface area (Å²) in [5.41, 5.74) is 0.477. The van der Waals surface area contributed by atoms with E-state index < -0.39 is 23.1 Å². The van der Waals surface area contributed by atoms with E-state index in [-0.39, 0.29) is 6.04 Å². The largest absolute Gasteiger partial charge is 0.339 e. The number of hydrogen-bond donors (Lipinski definition) is 0. The molecule has 5 nitrogen and oxygen atoms in total. The van der Waals surface area contributed by atoms with E-state index in [9.17, 15) is 13.6 Å². The molecule has 1 atom stereocenters. The zero-order valence-electron chi connectivity index (χ0n) is 14.2. The van der Waals surface area contributed by atoms with E-state index in [1.807, 2.05) is 18.9 Å². The molecule has 1 unspecified atom stereocenters. The highest BCUT2D eigenvalue weighted by Gasteiger charge is 2.30. The lowest BCUT2D eigenvalue weighted by atomic mass is 10.0. The molecule has 0 aliphatic carbocycles. The minimum absolute atomic E-state index is 0.00441. The molecule has 1 saturated heterocycles. The predicted octanol–water partition coefficient (Wildman–Crippen LogP) is 2.80. The van der Waals surface area contributed by atoms with Crippen molar-refractivity contribution in [1.29, 1.82) is 0 Å². The highest BCUT2D eigenvalue weighted by atomic mass is 19.1. The maximum atomic E-state index is 13.9. The van der Waals surface area contributed by atoms with Crippen LogP contribution in [0, 0.1) is 18.6 Å². The number of hydrogen-bond acceptors (Lipinski definition) is 4. The first kappa shape index (κ1) is 17.3. The summed E-state index contributed by atoms with van der Waals surface area (Å²) in [6.07, 6.45) is 5.08. The number of anilines is 1. The Morgan fingerprint density at radius 3 is 2.52 bits per heavy atom. The van der Waals surface area contributed by atoms with Crippen LogP contribution < -0.4 is 4.90 Å². The Morgan fingerprint density at radius 2 is 1.88 bits per heavy atom. The van der Waals surface area contributed by atoms with Gasteiger partial charge >= 0.3 is 0 Å². The number of piperidine rings is 1. The average molecular weight is 346 g/mol. The second-order valence-corrected chi connectivity index (χ2v) is 6.32. The van der Waals surface area contributed by atoms with Gasteiger partial charge in [0.2, 0.25) is 5.95 Å². The molecule has 1 aliphatic rings. The van der Waals surface area contributed by atoms with E-state index in [1.165, 1.54) is 11.0 Å². The van der Waals surface area contributed by atoms with Crippen LogP contribution in [0.3, 0.4) is 0 Å². The molecule has 0 radical (unpaired) electrons. The van der Waals surface area contributed by atoms with Crippen LogP contribution in [0.4, 0.5) is 14.7 Å². The molecule has 2 heterocycles. The highest BCUT2D eigenvalue weighted by molar-refractivity contribution is 5.94. The Balaban J connectivity index is 1.76. The summed E-state index contributed by atoms with van der Waals surface area (Å²) in [4.78, 5) is 24.6. The fourth-order valence-electron chi connectivity index (χ4n) is 3.05. The number of aromatic nitrogens is 2. The number of nitrogens with zero attached hydrogens (tertiary/aromatic N) is 4. The highest BCUT2D eigenvalue weighted by Crippen LogP contribution is 2.22. The minimum atomic E-state index is -0.831. The molecule has 7 heteroatoms. The summed E-state index contributed by atoms with van der Waals surface area (Å²) in [5.74, 6) is -1.70. The molecule has 1 aliphatic heterocycles. The third-order valence-corrected chi connectivity index (χ3v) is 4.49. The van der Waals surface area contributed by atoms with Crippen molar-refractivity contribution < 1.29 is 13.6 Å². The number of aryl methyl sites for hydroxylation is 1. The van der Waals surface area contributed by atoms with E-state index in [2.05, 4.69) is 9.97 Å². The Bertz CT molecular complexity index is 746. The molecule has 25 heavy (non-hydrogen) atoms. The lowest BCUT2D eigenvalue weighted by Gasteiger charge is -2.37. The molecular weight excluding hydrogens is 326 g/mol. The molecular formula is C18H20F2N4O. The molecule has 1 amide bonds. The maximum absolute atomic E-state index is 13.9. The second-order valence-electron chi connectivity index (χ2n) is 6.32. The molecule has 3 rings (SSSR count). The third kappa shape index (κ3) is 3.60. The maximum Gasteiger partial charge on any atom is 0.259 e. The summed E-state index contributed by atoms with van der Waals surface area (Å²) >= 11 is 0. The zero-order chi connectivity index (χ0) is 18.0. The summed E-state index contributed by atoms with van der Waals surface area (Å²) in [6.45, 7) is 2.76. The minimum Gasteiger partial charge on any atom is -0.339 e. The van der Waals surface area contributed by atoms with Crippen LogP contribution in [0.25, 0.3) is 0 Å². The quantitative estimate of drug-likeness (QED) is 0.858. The normalized spacial score (nSPS) is 17.4. The van der Waals surface area contributed by atoms with Crippen LogP contribution >= 0.6 is 0 Å². The van der Waals surface area contributed by atoms with Gasteiger partial charge in [0.05, 0.1) is 0 Å². The van der Waals surface area contributed by atoms with Gasteiger partial charge in [0.25, 0.3) is 5.91 Å². The van der Waals surface area contributed by atoms with Crippen molar-refractivity contribution in [3.63, 3.8) is 0 Å². The number of carbonyl (C=O) groups excluding carboxylic acids is 1. The average Bonchev–Trinajstić information content (AvgIpc) is 2.61. The first-order valence-electron chi connectivity index (χ1n) is 8.22. The fourth-order valence-corrected chi connectivity index (χ4v) is 3.05. The molecule has 0 saturated carbocycles. The Labute approximate surface area is 145 Å². The second kappa shape index (κ2) is 7.13. The van der Waals surface area contributed by atoms with Crippen LogP contribution in [0.5, 0.6) is 0 Å². The van der Waals surface area contributed by atoms with E-state index in [1.54, 1.807) is 12.4 Å². The Hall–Kier alpha value is -2.57. The summed E-state index contributed by atoms with van der Waals surface area (Å²) in [7, 11) is 1.87. The van der Waals surface area contributed by atoms with Gasteiger partial charge in [-0.1, -0.05) is 6.07 Å². The van der Waals surface area contributed by atoms with Crippen LogP contribution in [0.15, 0.2) is 30.6 Å². The van der Waals surface area contributed by atoms with Gasteiger partial charge in [-0.3, -0.25) is 4.79 Å². The van der Waals surface area contributed by atoms with Crippen LogP contribution in [-0.2, 0) is 0 Å². The van der Waals surface area contributed by atoms with Gasteiger partial charge in [0.1, 0.15) is 17.2 Å². The van der Waals surface area contributed by atoms with Crippen molar-refractivity contribution in [2.75, 3.05) is 25.0 Å². The van der Waals surface area contributed by atoms with Crippen LogP contribution in [0.1, 0.15) is 28.8 Å². The number of likely N-dealkylation sites (N-methyl/N-ethyl adjacent to an activating group) is 1. The SMILES string of the molecule is Cc1cnc(N(C)C2CCCN(C(=O)c3c(F)cccc3F)C2)nc1. The molecule has 0 bridgehead atoms. The number of benzene rings is 1. The third-order valence-electron chi connectivity index (χ3n) is 4.49. The number of rotatable bonds is 3. The van der Waals surface area contributed by atoms with Crippen LogP contribution in [-0.4, -0.2) is 47.0 Å². The van der Waals surface area contributed by atoms with Gasteiger partial charge in [0.15, 0.2) is 0 Å². The number of halogens is 2. The number of carbonyl (C=O) groups is 1. The fraction of sp³-hybridized carbons (Fsp3) is 0.389. The summed E-state index contributed by atoms with van der Waals surface area (Å²) in [6, 6.07) is 3.45. The van der Waals surface area contributed by atoms with Gasteiger partial charge in [-0.25, -0.2) is 18.7 Å². The molecule has 0 spiro atoms. The molecule has 1 aromatic heterocycles. The van der Waals surface area contributed by atoms with Crippen molar-refractivity contribution in [2.45, 2.75) is 25.8 Å². The molecule has 132 valence electrons. The molecule has 2 aromatic rings. The van der Waals surface area contributed by atoms with Gasteiger partial charge in [-0.2, -0.15) is 0 Å². The topological polar surface area (TPSA) is 49.3 Å². The van der Waals surface area contributed by atoms with Gasteiger partial charge in [-0.15, -0.1) is 0 Å². The first-order valence-corrected chi connectivity index (χ1v) is 8.22. The number of likely N-dealkylation sites (tertiary alicyclic amines) is 1. The molecule has 0 N–H and O–H groups in total. The first-order chi connectivity index (χ1) is 12.0. The van der Waals surface area contributed by atoms with Gasteiger partial charge < -0.3 is 9.80 Å². The smallest absolute Gasteiger partial charge is 0.259 e. The van der Waals surface area contributed by atoms with Gasteiger partial charge in [0, 0.05) is 38.6 Å². The lowest BCUT2D eigenvalue weighted by molar-refractivity contribution is 0.0697. The summed E-state index contributed by atoms with van der Waals surface area (Å²) < 4.78 is 27.8. The molecule has 1 aromatic carbocycles. The van der Waals surface area contributed by atoms with E-state index in [0.29, 0.717) is 19.0 Å². The van der Waals surface area contributed by atoms with E-state index in [4.69, 9.17) is 0 Å². The van der Waals surface area contributed by atoms with Crippen molar-refractivity contribution in [1.82, 2.24) is 14.9 Å². The van der Waals surface area contributed by atoms with Crippen LogP contribution in [0.2, 0.25) is 0 Å². The Morgan fingerprint density at radius 1 is 1.24 bits per heavy atom. The van der Waals surface area contributed by atoms with Crippen molar-refractivity contribution in [3.05, 3.63) is 53.4 Å². The number of amides is 1.